The third-order valence-electron chi connectivity index (χ3n) is 4.58. The minimum atomic E-state index is -0.155. The SMILES string of the molecule is CN(Cc1cn[nH]c1-c1ccccc1)C(=O)NCCc1nc(C2CC2)no1. The molecular weight excluding hydrogens is 344 g/mol. The maximum absolute atomic E-state index is 12.3. The molecule has 27 heavy (non-hydrogen) atoms. The molecule has 0 saturated heterocycles. The van der Waals surface area contributed by atoms with E-state index in [4.69, 9.17) is 4.52 Å². The lowest BCUT2D eigenvalue weighted by Gasteiger charge is -2.17. The molecule has 0 unspecified atom stereocenters. The second-order valence-corrected chi connectivity index (χ2v) is 6.79. The van der Waals surface area contributed by atoms with Gasteiger partial charge in [0.1, 0.15) is 0 Å². The second-order valence-electron chi connectivity index (χ2n) is 6.79. The van der Waals surface area contributed by atoms with Gasteiger partial charge in [-0.05, 0) is 18.4 Å². The molecule has 1 aliphatic rings. The number of carbonyl (C=O) groups is 1. The van der Waals surface area contributed by atoms with E-state index in [-0.39, 0.29) is 6.03 Å². The Balaban J connectivity index is 1.28. The fourth-order valence-electron chi connectivity index (χ4n) is 2.90. The number of amides is 2. The largest absolute Gasteiger partial charge is 0.339 e. The van der Waals surface area contributed by atoms with Crippen LogP contribution in [-0.2, 0) is 13.0 Å². The highest BCUT2D eigenvalue weighted by molar-refractivity contribution is 5.74. The molecule has 1 aromatic carbocycles. The fourth-order valence-corrected chi connectivity index (χ4v) is 2.90. The Morgan fingerprint density at radius 3 is 2.93 bits per heavy atom. The minimum Gasteiger partial charge on any atom is -0.339 e. The number of benzene rings is 1. The van der Waals surface area contributed by atoms with Crippen LogP contribution in [0.3, 0.4) is 0 Å². The van der Waals surface area contributed by atoms with E-state index < -0.39 is 0 Å². The first-order valence-corrected chi connectivity index (χ1v) is 9.10. The number of urea groups is 1. The summed E-state index contributed by atoms with van der Waals surface area (Å²) in [5.41, 5.74) is 2.93. The highest BCUT2D eigenvalue weighted by Crippen LogP contribution is 2.38. The molecular formula is C19H22N6O2. The van der Waals surface area contributed by atoms with Gasteiger partial charge in [0.25, 0.3) is 0 Å². The highest BCUT2D eigenvalue weighted by atomic mass is 16.5. The number of aromatic nitrogens is 4. The van der Waals surface area contributed by atoms with E-state index in [1.165, 1.54) is 0 Å². The van der Waals surface area contributed by atoms with Crippen LogP contribution in [0.5, 0.6) is 0 Å². The van der Waals surface area contributed by atoms with Crippen molar-refractivity contribution in [3.63, 3.8) is 0 Å². The smallest absolute Gasteiger partial charge is 0.317 e. The molecule has 8 heteroatoms. The molecule has 4 rings (SSSR count). The monoisotopic (exact) mass is 366 g/mol. The Kier molecular flexibility index (Phi) is 4.86. The number of carbonyl (C=O) groups excluding carboxylic acids is 1. The Bertz CT molecular complexity index is 900. The van der Waals surface area contributed by atoms with Gasteiger partial charge in [-0.15, -0.1) is 0 Å². The molecule has 2 heterocycles. The van der Waals surface area contributed by atoms with E-state index >= 15 is 0 Å². The average molecular weight is 366 g/mol. The van der Waals surface area contributed by atoms with E-state index in [2.05, 4.69) is 25.7 Å². The van der Waals surface area contributed by atoms with Crippen molar-refractivity contribution in [3.05, 3.63) is 53.8 Å². The highest BCUT2D eigenvalue weighted by Gasteiger charge is 2.28. The van der Waals surface area contributed by atoms with Crippen LogP contribution in [0.4, 0.5) is 4.79 Å². The third-order valence-corrected chi connectivity index (χ3v) is 4.58. The topological polar surface area (TPSA) is 99.9 Å². The summed E-state index contributed by atoms with van der Waals surface area (Å²) in [5.74, 6) is 1.83. The van der Waals surface area contributed by atoms with Gasteiger partial charge in [-0.3, -0.25) is 5.10 Å². The Labute approximate surface area is 157 Å². The quantitative estimate of drug-likeness (QED) is 0.670. The summed E-state index contributed by atoms with van der Waals surface area (Å²) >= 11 is 0. The molecule has 0 radical (unpaired) electrons. The number of H-pyrrole nitrogens is 1. The van der Waals surface area contributed by atoms with Crippen LogP contribution in [0.25, 0.3) is 11.3 Å². The number of rotatable bonds is 7. The van der Waals surface area contributed by atoms with Crippen molar-refractivity contribution in [2.24, 2.45) is 0 Å². The molecule has 1 fully saturated rings. The Morgan fingerprint density at radius 1 is 1.33 bits per heavy atom. The van der Waals surface area contributed by atoms with Crippen molar-refractivity contribution in [1.29, 1.82) is 0 Å². The van der Waals surface area contributed by atoms with Crippen LogP contribution in [-0.4, -0.2) is 44.9 Å². The Morgan fingerprint density at radius 2 is 2.15 bits per heavy atom. The predicted molar refractivity (Wildman–Crippen MR) is 98.9 cm³/mol. The summed E-state index contributed by atoms with van der Waals surface area (Å²) in [6.07, 6.45) is 4.56. The van der Waals surface area contributed by atoms with Gasteiger partial charge >= 0.3 is 6.03 Å². The molecule has 0 bridgehead atoms. The van der Waals surface area contributed by atoms with E-state index in [0.717, 1.165) is 35.5 Å². The first-order chi connectivity index (χ1) is 13.2. The maximum atomic E-state index is 12.3. The maximum Gasteiger partial charge on any atom is 0.317 e. The molecule has 1 saturated carbocycles. The van der Waals surface area contributed by atoms with Crippen molar-refractivity contribution < 1.29 is 9.32 Å². The molecule has 140 valence electrons. The molecule has 0 atom stereocenters. The molecule has 1 aliphatic carbocycles. The lowest BCUT2D eigenvalue weighted by atomic mass is 10.1. The van der Waals surface area contributed by atoms with Gasteiger partial charge in [-0.1, -0.05) is 35.5 Å². The van der Waals surface area contributed by atoms with Gasteiger partial charge < -0.3 is 14.7 Å². The van der Waals surface area contributed by atoms with Gasteiger partial charge in [0.05, 0.1) is 18.4 Å². The molecule has 0 aliphatic heterocycles. The number of nitrogens with zero attached hydrogens (tertiary/aromatic N) is 4. The molecule has 2 aromatic heterocycles. The van der Waals surface area contributed by atoms with Gasteiger partial charge in [0.2, 0.25) is 5.89 Å². The van der Waals surface area contributed by atoms with Gasteiger partial charge in [-0.2, -0.15) is 10.1 Å². The lowest BCUT2D eigenvalue weighted by molar-refractivity contribution is 0.207. The number of aromatic amines is 1. The van der Waals surface area contributed by atoms with Crippen molar-refractivity contribution in [3.8, 4) is 11.3 Å². The van der Waals surface area contributed by atoms with Crippen molar-refractivity contribution in [2.75, 3.05) is 13.6 Å². The molecule has 2 N–H and O–H groups in total. The lowest BCUT2D eigenvalue weighted by Crippen LogP contribution is -2.37. The first-order valence-electron chi connectivity index (χ1n) is 9.10. The summed E-state index contributed by atoms with van der Waals surface area (Å²) in [7, 11) is 1.76. The van der Waals surface area contributed by atoms with Crippen LogP contribution in [0.2, 0.25) is 0 Å². The summed E-state index contributed by atoms with van der Waals surface area (Å²) in [6.45, 7) is 0.908. The number of nitrogens with one attached hydrogen (secondary N) is 2. The summed E-state index contributed by atoms with van der Waals surface area (Å²) < 4.78 is 5.22. The Hall–Kier alpha value is -3.16. The van der Waals surface area contributed by atoms with Gasteiger partial charge in [0.15, 0.2) is 5.82 Å². The van der Waals surface area contributed by atoms with Crippen molar-refractivity contribution in [1.82, 2.24) is 30.6 Å². The first kappa shape index (κ1) is 17.3. The van der Waals surface area contributed by atoms with E-state index in [1.54, 1.807) is 18.1 Å². The van der Waals surface area contributed by atoms with Crippen molar-refractivity contribution in [2.45, 2.75) is 31.7 Å². The van der Waals surface area contributed by atoms with E-state index in [9.17, 15) is 4.79 Å². The summed E-state index contributed by atoms with van der Waals surface area (Å²) in [6, 6.07) is 9.79. The molecule has 2 amide bonds. The zero-order valence-corrected chi connectivity index (χ0v) is 15.2. The van der Waals surface area contributed by atoms with Crippen LogP contribution in [0.1, 0.15) is 36.0 Å². The molecule has 8 nitrogen and oxygen atoms in total. The fraction of sp³-hybridized carbons (Fsp3) is 0.368. The zero-order chi connectivity index (χ0) is 18.6. The zero-order valence-electron chi connectivity index (χ0n) is 15.2. The standard InChI is InChI=1S/C19H22N6O2/c1-25(12-15-11-21-23-17(15)13-5-3-2-4-6-13)19(26)20-10-9-16-22-18(24-27-16)14-7-8-14/h2-6,11,14H,7-10,12H2,1H3,(H,20,26)(H,21,23). The molecule has 0 spiro atoms. The minimum absolute atomic E-state index is 0.155. The van der Waals surface area contributed by atoms with Gasteiger partial charge in [0, 0.05) is 31.5 Å². The number of hydrogen-bond donors (Lipinski definition) is 2. The summed E-state index contributed by atoms with van der Waals surface area (Å²) in [4.78, 5) is 18.3. The summed E-state index contributed by atoms with van der Waals surface area (Å²) in [5, 5.41) is 14.0. The third kappa shape index (κ3) is 4.16. The van der Waals surface area contributed by atoms with Crippen LogP contribution in [0.15, 0.2) is 41.1 Å². The van der Waals surface area contributed by atoms with Crippen LogP contribution >= 0.6 is 0 Å². The van der Waals surface area contributed by atoms with Crippen LogP contribution < -0.4 is 5.32 Å². The predicted octanol–water partition coefficient (Wildman–Crippen LogP) is 2.72. The average Bonchev–Trinajstić information content (AvgIpc) is 3.25. The normalized spacial score (nSPS) is 13.5. The molecule has 3 aromatic rings. The van der Waals surface area contributed by atoms with Crippen LogP contribution in [0, 0.1) is 0 Å². The van der Waals surface area contributed by atoms with E-state index in [0.29, 0.717) is 31.3 Å². The van der Waals surface area contributed by atoms with Gasteiger partial charge in [-0.25, -0.2) is 4.79 Å². The second kappa shape index (κ2) is 7.61. The van der Waals surface area contributed by atoms with E-state index in [1.807, 2.05) is 30.3 Å². The van der Waals surface area contributed by atoms with Crippen molar-refractivity contribution >= 4 is 6.03 Å². The number of hydrogen-bond acceptors (Lipinski definition) is 5.